The number of rotatable bonds is 7. The number of hydrogen-bond acceptors (Lipinski definition) is 6. The van der Waals surface area contributed by atoms with Crippen LogP contribution >= 0.6 is 0 Å². The first-order valence-electron chi connectivity index (χ1n) is 10.3. The predicted octanol–water partition coefficient (Wildman–Crippen LogP) is 3.69. The lowest BCUT2D eigenvalue weighted by Gasteiger charge is -2.34. The molecule has 3 aromatic carbocycles. The van der Waals surface area contributed by atoms with Crippen molar-refractivity contribution in [1.29, 1.82) is 0 Å². The van der Waals surface area contributed by atoms with Crippen molar-refractivity contribution in [2.45, 2.75) is 17.9 Å². The molecule has 0 saturated carbocycles. The van der Waals surface area contributed by atoms with Gasteiger partial charge in [-0.25, -0.2) is 8.42 Å². The summed E-state index contributed by atoms with van der Waals surface area (Å²) < 4.78 is 44.2. The molecule has 1 aliphatic heterocycles. The van der Waals surface area contributed by atoms with E-state index in [-0.39, 0.29) is 30.1 Å². The number of ether oxygens (including phenoxy) is 3. The van der Waals surface area contributed by atoms with Crippen LogP contribution < -0.4 is 23.8 Å². The normalized spacial score (nSPS) is 15.2. The summed E-state index contributed by atoms with van der Waals surface area (Å²) in [5.74, 6) is 1.39. The van der Waals surface area contributed by atoms with Crippen LogP contribution in [0.25, 0.3) is 0 Å². The van der Waals surface area contributed by atoms with Crippen molar-refractivity contribution >= 4 is 27.3 Å². The lowest BCUT2D eigenvalue weighted by molar-refractivity contribution is -0.118. The molecule has 4 rings (SSSR count). The Morgan fingerprint density at radius 2 is 1.70 bits per heavy atom. The van der Waals surface area contributed by atoms with Crippen LogP contribution in [-0.4, -0.2) is 40.7 Å². The minimum Gasteiger partial charge on any atom is -0.497 e. The van der Waals surface area contributed by atoms with Gasteiger partial charge in [-0.05, 0) is 67.6 Å². The fourth-order valence-electron chi connectivity index (χ4n) is 3.43. The van der Waals surface area contributed by atoms with Crippen LogP contribution in [0, 0.1) is 0 Å². The zero-order valence-electron chi connectivity index (χ0n) is 18.2. The number of nitrogens with zero attached hydrogens (tertiary/aromatic N) is 1. The van der Waals surface area contributed by atoms with Crippen LogP contribution in [0.15, 0.2) is 77.7 Å². The third-order valence-electron chi connectivity index (χ3n) is 5.04. The quantitative estimate of drug-likeness (QED) is 0.568. The average molecular weight is 469 g/mol. The van der Waals surface area contributed by atoms with E-state index in [2.05, 4.69) is 5.32 Å². The third-order valence-corrected chi connectivity index (χ3v) is 6.83. The number of carbonyl (C=O) groups excluding carboxylic acids is 1. The number of hydrogen-bond donors (Lipinski definition) is 1. The van der Waals surface area contributed by atoms with Crippen LogP contribution in [0.3, 0.4) is 0 Å². The molecule has 172 valence electrons. The molecule has 0 aliphatic carbocycles. The maximum absolute atomic E-state index is 13.3. The number of fused-ring (bicyclic) bond motifs is 1. The molecule has 0 saturated heterocycles. The third kappa shape index (κ3) is 5.04. The van der Waals surface area contributed by atoms with Crippen molar-refractivity contribution in [1.82, 2.24) is 0 Å². The fourth-order valence-corrected chi connectivity index (χ4v) is 4.98. The number of nitrogens with one attached hydrogen (secondary N) is 1. The van der Waals surface area contributed by atoms with Crippen molar-refractivity contribution in [3.8, 4) is 17.2 Å². The molecule has 1 aliphatic rings. The van der Waals surface area contributed by atoms with Gasteiger partial charge in [-0.2, -0.15) is 0 Å². The minimum atomic E-state index is -3.80. The van der Waals surface area contributed by atoms with Gasteiger partial charge in [0.1, 0.15) is 23.4 Å². The molecule has 0 spiro atoms. The smallest absolute Gasteiger partial charge is 0.264 e. The second-order valence-electron chi connectivity index (χ2n) is 7.47. The molecule has 0 aromatic heterocycles. The van der Waals surface area contributed by atoms with Gasteiger partial charge < -0.3 is 19.5 Å². The lowest BCUT2D eigenvalue weighted by atomic mass is 10.2. The Kier molecular flexibility index (Phi) is 6.41. The first-order valence-corrected chi connectivity index (χ1v) is 11.8. The molecule has 1 atom stereocenters. The van der Waals surface area contributed by atoms with Gasteiger partial charge in [0, 0.05) is 5.69 Å². The maximum Gasteiger partial charge on any atom is 0.264 e. The standard InChI is InChI=1S/C24H24N2O6S/c1-17-15-26(22-5-3-4-6-23(22)32-17)33(28,29)21-13-7-18(8-14-21)25-24(27)16-31-20-11-9-19(30-2)10-12-20/h3-14,17H,15-16H2,1-2H3,(H,25,27). The van der Waals surface area contributed by atoms with Crippen LogP contribution in [0.4, 0.5) is 11.4 Å². The zero-order chi connectivity index (χ0) is 23.4. The number of benzene rings is 3. The van der Waals surface area contributed by atoms with Crippen LogP contribution in [0.1, 0.15) is 6.92 Å². The first-order chi connectivity index (χ1) is 15.9. The summed E-state index contributed by atoms with van der Waals surface area (Å²) in [6.45, 7) is 1.85. The Balaban J connectivity index is 1.42. The Labute approximate surface area is 192 Å². The van der Waals surface area contributed by atoms with Crippen molar-refractivity contribution in [2.75, 3.05) is 29.9 Å². The Bertz CT molecular complexity index is 1230. The molecule has 0 radical (unpaired) electrons. The summed E-state index contributed by atoms with van der Waals surface area (Å²) in [6, 6.07) is 20.0. The SMILES string of the molecule is COc1ccc(OCC(=O)Nc2ccc(S(=O)(=O)N3CC(C)Oc4ccccc43)cc2)cc1. The zero-order valence-corrected chi connectivity index (χ0v) is 19.0. The second kappa shape index (κ2) is 9.41. The van der Waals surface area contributed by atoms with E-state index in [9.17, 15) is 13.2 Å². The van der Waals surface area contributed by atoms with E-state index in [1.807, 2.05) is 6.92 Å². The summed E-state index contributed by atoms with van der Waals surface area (Å²) in [6.07, 6.45) is -0.279. The van der Waals surface area contributed by atoms with E-state index in [1.54, 1.807) is 67.8 Å². The first kappa shape index (κ1) is 22.5. The van der Waals surface area contributed by atoms with Gasteiger partial charge in [-0.3, -0.25) is 9.10 Å². The monoisotopic (exact) mass is 468 g/mol. The van der Waals surface area contributed by atoms with E-state index < -0.39 is 10.0 Å². The number of para-hydroxylation sites is 2. The molecule has 33 heavy (non-hydrogen) atoms. The average Bonchev–Trinajstić information content (AvgIpc) is 2.83. The van der Waals surface area contributed by atoms with E-state index >= 15 is 0 Å². The van der Waals surface area contributed by atoms with E-state index in [1.165, 1.54) is 16.4 Å². The van der Waals surface area contributed by atoms with Crippen molar-refractivity contribution in [3.05, 3.63) is 72.8 Å². The molecule has 9 heteroatoms. The molecule has 1 amide bonds. The molecule has 3 aromatic rings. The Morgan fingerprint density at radius 1 is 1.03 bits per heavy atom. The largest absolute Gasteiger partial charge is 0.497 e. The van der Waals surface area contributed by atoms with E-state index in [0.717, 1.165) is 0 Å². The molecule has 0 fully saturated rings. The number of amides is 1. The molecular weight excluding hydrogens is 444 g/mol. The highest BCUT2D eigenvalue weighted by molar-refractivity contribution is 7.92. The molecule has 1 heterocycles. The lowest BCUT2D eigenvalue weighted by Crippen LogP contribution is -2.42. The van der Waals surface area contributed by atoms with Crippen LogP contribution in [0.5, 0.6) is 17.2 Å². The van der Waals surface area contributed by atoms with E-state index in [4.69, 9.17) is 14.2 Å². The van der Waals surface area contributed by atoms with Gasteiger partial charge in [0.15, 0.2) is 6.61 Å². The summed E-state index contributed by atoms with van der Waals surface area (Å²) in [7, 11) is -2.23. The van der Waals surface area contributed by atoms with Gasteiger partial charge in [0.25, 0.3) is 15.9 Å². The van der Waals surface area contributed by atoms with Gasteiger partial charge in [-0.1, -0.05) is 12.1 Å². The highest BCUT2D eigenvalue weighted by atomic mass is 32.2. The van der Waals surface area contributed by atoms with Crippen molar-refractivity contribution in [2.24, 2.45) is 0 Å². The highest BCUT2D eigenvalue weighted by Crippen LogP contribution is 2.36. The van der Waals surface area contributed by atoms with Crippen molar-refractivity contribution < 1.29 is 27.4 Å². The Morgan fingerprint density at radius 3 is 2.39 bits per heavy atom. The van der Waals surface area contributed by atoms with Gasteiger partial charge >= 0.3 is 0 Å². The summed E-state index contributed by atoms with van der Waals surface area (Å²) >= 11 is 0. The second-order valence-corrected chi connectivity index (χ2v) is 9.33. The summed E-state index contributed by atoms with van der Waals surface area (Å²) in [5.41, 5.74) is 0.969. The number of methoxy groups -OCH3 is 1. The molecule has 1 unspecified atom stereocenters. The maximum atomic E-state index is 13.3. The Hall–Kier alpha value is -3.72. The van der Waals surface area contributed by atoms with Crippen molar-refractivity contribution in [3.63, 3.8) is 0 Å². The molecule has 8 nitrogen and oxygen atoms in total. The number of carbonyl (C=O) groups is 1. The number of anilines is 2. The summed E-state index contributed by atoms with van der Waals surface area (Å²) in [4.78, 5) is 12.3. The number of sulfonamides is 1. The highest BCUT2D eigenvalue weighted by Gasteiger charge is 2.32. The fraction of sp³-hybridized carbons (Fsp3) is 0.208. The topological polar surface area (TPSA) is 94.2 Å². The van der Waals surface area contributed by atoms with E-state index in [0.29, 0.717) is 28.6 Å². The van der Waals surface area contributed by atoms with Gasteiger partial charge in [-0.15, -0.1) is 0 Å². The minimum absolute atomic E-state index is 0.124. The van der Waals surface area contributed by atoms with Gasteiger partial charge in [0.2, 0.25) is 0 Å². The van der Waals surface area contributed by atoms with Gasteiger partial charge in [0.05, 0.1) is 24.2 Å². The molecule has 1 N–H and O–H groups in total. The van der Waals surface area contributed by atoms with Crippen LogP contribution in [0.2, 0.25) is 0 Å². The van der Waals surface area contributed by atoms with Crippen LogP contribution in [-0.2, 0) is 14.8 Å². The molecular formula is C24H24N2O6S. The predicted molar refractivity (Wildman–Crippen MR) is 125 cm³/mol. The molecule has 0 bridgehead atoms. The summed E-state index contributed by atoms with van der Waals surface area (Å²) in [5, 5.41) is 2.70.